The van der Waals surface area contributed by atoms with Gasteiger partial charge in [-0.15, -0.1) is 0 Å². The Kier molecular flexibility index (Phi) is 3.41. The number of anilines is 1. The minimum absolute atomic E-state index is 0.00668. The highest BCUT2D eigenvalue weighted by Crippen LogP contribution is 2.46. The van der Waals surface area contributed by atoms with E-state index in [0.717, 1.165) is 0 Å². The van der Waals surface area contributed by atoms with Gasteiger partial charge >= 0.3 is 0 Å². The van der Waals surface area contributed by atoms with Gasteiger partial charge < -0.3 is 15.9 Å². The molecule has 0 fully saturated rings. The molecule has 1 atom stereocenters. The minimum Gasteiger partial charge on any atom is -0.507 e. The Bertz CT molecular complexity index is 1020. The number of fused-ring (bicyclic) bond motifs is 3. The number of aromatic hydroxyl groups is 2. The van der Waals surface area contributed by atoms with Crippen molar-refractivity contribution in [1.82, 2.24) is 0 Å². The van der Waals surface area contributed by atoms with Crippen LogP contribution >= 0.6 is 0 Å². The Balaban J connectivity index is 2.00. The van der Waals surface area contributed by atoms with E-state index in [9.17, 15) is 24.6 Å². The molecule has 2 aromatic rings. The zero-order valence-corrected chi connectivity index (χ0v) is 14.1. The summed E-state index contributed by atoms with van der Waals surface area (Å²) in [5.41, 5.74) is 6.59. The molecular formula is C20H17NO5. The van der Waals surface area contributed by atoms with Crippen LogP contribution in [0.25, 0.3) is 0 Å². The second-order valence-corrected chi connectivity index (χ2v) is 6.88. The van der Waals surface area contributed by atoms with Crippen LogP contribution in [0.3, 0.4) is 0 Å². The Labute approximate surface area is 149 Å². The van der Waals surface area contributed by atoms with Gasteiger partial charge in [0, 0.05) is 28.3 Å². The molecule has 132 valence electrons. The molecular weight excluding hydrogens is 334 g/mol. The first kappa shape index (κ1) is 16.3. The van der Waals surface area contributed by atoms with Crippen LogP contribution in [0.1, 0.15) is 56.3 Å². The Morgan fingerprint density at radius 2 is 1.69 bits per heavy atom. The summed E-state index contributed by atoms with van der Waals surface area (Å²) in [6.07, 6.45) is 1.11. The maximum Gasteiger partial charge on any atom is 0.200 e. The third-order valence-corrected chi connectivity index (χ3v) is 5.45. The zero-order valence-electron chi connectivity index (χ0n) is 14.1. The molecule has 4 N–H and O–H groups in total. The molecule has 0 bridgehead atoms. The van der Waals surface area contributed by atoms with Gasteiger partial charge in [-0.1, -0.05) is 12.1 Å². The van der Waals surface area contributed by atoms with Gasteiger partial charge in [0.25, 0.3) is 0 Å². The van der Waals surface area contributed by atoms with E-state index in [2.05, 4.69) is 0 Å². The lowest BCUT2D eigenvalue weighted by Gasteiger charge is -2.29. The molecule has 0 heterocycles. The fourth-order valence-corrected chi connectivity index (χ4v) is 4.04. The Morgan fingerprint density at radius 3 is 2.38 bits per heavy atom. The van der Waals surface area contributed by atoms with E-state index in [0.29, 0.717) is 24.0 Å². The van der Waals surface area contributed by atoms with Crippen LogP contribution in [0, 0.1) is 5.92 Å². The van der Waals surface area contributed by atoms with Gasteiger partial charge in [0.15, 0.2) is 11.6 Å². The summed E-state index contributed by atoms with van der Waals surface area (Å²) in [5.74, 6) is -2.01. The summed E-state index contributed by atoms with van der Waals surface area (Å²) in [5, 5.41) is 21.5. The van der Waals surface area contributed by atoms with Gasteiger partial charge in [0.2, 0.25) is 0 Å². The summed E-state index contributed by atoms with van der Waals surface area (Å²) < 4.78 is 0. The predicted molar refractivity (Wildman–Crippen MR) is 93.7 cm³/mol. The van der Waals surface area contributed by atoms with Crippen molar-refractivity contribution in [3.63, 3.8) is 0 Å². The number of ketones is 3. The zero-order chi connectivity index (χ0) is 18.7. The molecule has 0 saturated heterocycles. The van der Waals surface area contributed by atoms with E-state index in [4.69, 9.17) is 5.73 Å². The highest BCUT2D eigenvalue weighted by molar-refractivity contribution is 6.32. The monoisotopic (exact) mass is 351 g/mol. The van der Waals surface area contributed by atoms with Crippen molar-refractivity contribution in [2.75, 3.05) is 5.73 Å². The molecule has 6 heteroatoms. The first-order valence-electron chi connectivity index (χ1n) is 8.40. The number of nitrogens with two attached hydrogens (primary N) is 1. The molecule has 26 heavy (non-hydrogen) atoms. The van der Waals surface area contributed by atoms with E-state index in [1.165, 1.54) is 19.1 Å². The number of rotatable bonds is 1. The van der Waals surface area contributed by atoms with Crippen LogP contribution in [0.5, 0.6) is 11.5 Å². The lowest BCUT2D eigenvalue weighted by molar-refractivity contribution is -0.121. The number of benzene rings is 2. The molecule has 6 nitrogen and oxygen atoms in total. The lowest BCUT2D eigenvalue weighted by atomic mass is 9.75. The summed E-state index contributed by atoms with van der Waals surface area (Å²) >= 11 is 0. The minimum atomic E-state index is -0.572. The third-order valence-electron chi connectivity index (χ3n) is 5.45. The summed E-state index contributed by atoms with van der Waals surface area (Å²) in [4.78, 5) is 37.6. The molecule has 2 aliphatic rings. The molecule has 0 spiro atoms. The summed E-state index contributed by atoms with van der Waals surface area (Å²) in [7, 11) is 0. The van der Waals surface area contributed by atoms with E-state index < -0.39 is 11.6 Å². The van der Waals surface area contributed by atoms with Crippen molar-refractivity contribution in [2.24, 2.45) is 5.92 Å². The lowest BCUT2D eigenvalue weighted by Crippen LogP contribution is -2.26. The van der Waals surface area contributed by atoms with Gasteiger partial charge in [-0.2, -0.15) is 0 Å². The molecule has 2 aliphatic carbocycles. The van der Waals surface area contributed by atoms with Gasteiger partial charge in [0.05, 0.1) is 16.7 Å². The first-order valence-corrected chi connectivity index (χ1v) is 8.40. The van der Waals surface area contributed by atoms with Crippen molar-refractivity contribution in [2.45, 2.75) is 26.2 Å². The predicted octanol–water partition coefficient (Wildman–Crippen LogP) is 2.15. The van der Waals surface area contributed by atoms with E-state index in [1.54, 1.807) is 6.07 Å². The number of hydrogen-bond acceptors (Lipinski definition) is 6. The number of carbonyl (C=O) groups excluding carboxylic acids is 3. The van der Waals surface area contributed by atoms with Crippen molar-refractivity contribution < 1.29 is 24.6 Å². The third kappa shape index (κ3) is 2.02. The van der Waals surface area contributed by atoms with E-state index in [1.807, 2.05) is 0 Å². The van der Waals surface area contributed by atoms with Crippen LogP contribution in [0.4, 0.5) is 5.69 Å². The molecule has 0 aliphatic heterocycles. The van der Waals surface area contributed by atoms with Crippen LogP contribution in [-0.2, 0) is 17.6 Å². The van der Waals surface area contributed by atoms with Crippen LogP contribution < -0.4 is 5.73 Å². The molecule has 0 saturated carbocycles. The van der Waals surface area contributed by atoms with Crippen molar-refractivity contribution in [3.05, 3.63) is 51.6 Å². The maximum atomic E-state index is 12.9. The van der Waals surface area contributed by atoms with Gasteiger partial charge in [-0.25, -0.2) is 0 Å². The van der Waals surface area contributed by atoms with Gasteiger partial charge in [-0.05, 0) is 32.3 Å². The quantitative estimate of drug-likeness (QED) is 0.457. The number of carbonyl (C=O) groups is 3. The molecule has 0 unspecified atom stereocenters. The average Bonchev–Trinajstić information content (AvgIpc) is 2.62. The van der Waals surface area contributed by atoms with Gasteiger partial charge in [-0.3, -0.25) is 14.4 Å². The highest BCUT2D eigenvalue weighted by Gasteiger charge is 2.40. The molecule has 4 rings (SSSR count). The molecule has 0 radical (unpaired) electrons. The summed E-state index contributed by atoms with van der Waals surface area (Å²) in [6.45, 7) is 1.48. The fourth-order valence-electron chi connectivity index (χ4n) is 4.04. The van der Waals surface area contributed by atoms with E-state index >= 15 is 0 Å². The molecule has 0 aromatic heterocycles. The highest BCUT2D eigenvalue weighted by atomic mass is 16.3. The van der Waals surface area contributed by atoms with Gasteiger partial charge in [0.1, 0.15) is 17.3 Å². The normalized spacial score (nSPS) is 18.1. The Morgan fingerprint density at radius 1 is 1.04 bits per heavy atom. The second kappa shape index (κ2) is 5.42. The standard InChI is InChI=1S/C20H17NO5/c1-8(22)9-5-6-10-12(7-9)19(25)15-16(17(10)23)20(26)14-11(18(15)24)3-2-4-13(14)21/h2-4,9,23,25H,5-7,21H2,1H3/t9-/m0/s1. The topological polar surface area (TPSA) is 118 Å². The van der Waals surface area contributed by atoms with Crippen molar-refractivity contribution in [1.29, 1.82) is 0 Å². The average molecular weight is 351 g/mol. The smallest absolute Gasteiger partial charge is 0.200 e. The van der Waals surface area contributed by atoms with E-state index in [-0.39, 0.29) is 57.6 Å². The maximum absolute atomic E-state index is 12.9. The number of phenols is 2. The molecule has 0 amide bonds. The van der Waals surface area contributed by atoms with Crippen LogP contribution in [0.15, 0.2) is 18.2 Å². The Hall–Kier alpha value is -3.15. The first-order chi connectivity index (χ1) is 12.3. The second-order valence-electron chi connectivity index (χ2n) is 6.88. The van der Waals surface area contributed by atoms with Crippen molar-refractivity contribution >= 4 is 23.0 Å². The van der Waals surface area contributed by atoms with Crippen LogP contribution in [0.2, 0.25) is 0 Å². The number of hydrogen-bond donors (Lipinski definition) is 3. The number of phenolic OH excluding ortho intramolecular Hbond substituents is 2. The number of Topliss-reactive ketones (excluding diaryl/α,β-unsaturated/α-hetero) is 1. The fraction of sp³-hybridized carbons (Fsp3) is 0.250. The summed E-state index contributed by atoms with van der Waals surface area (Å²) in [6, 6.07) is 4.55. The SMILES string of the molecule is CC(=O)[C@H]1CCc2c(O)c3c(c(O)c2C1)C(=O)c1cccc(N)c1C3=O. The van der Waals surface area contributed by atoms with Crippen molar-refractivity contribution in [3.8, 4) is 11.5 Å². The van der Waals surface area contributed by atoms with Crippen LogP contribution in [-0.4, -0.2) is 27.6 Å². The largest absolute Gasteiger partial charge is 0.507 e. The molecule has 2 aromatic carbocycles. The number of nitrogen functional groups attached to an aromatic ring is 1.